The van der Waals surface area contributed by atoms with Crippen LogP contribution in [0.4, 0.5) is 11.4 Å². The van der Waals surface area contributed by atoms with E-state index in [9.17, 15) is 14.9 Å². The summed E-state index contributed by atoms with van der Waals surface area (Å²) in [6, 6.07) is 3.32. The lowest BCUT2D eigenvalue weighted by Crippen LogP contribution is -2.42. The average molecular weight is 321 g/mol. The van der Waals surface area contributed by atoms with E-state index in [0.717, 1.165) is 19.4 Å². The van der Waals surface area contributed by atoms with Crippen molar-refractivity contribution in [1.82, 2.24) is 4.90 Å². The molecule has 0 aliphatic carbocycles. The van der Waals surface area contributed by atoms with E-state index in [1.165, 1.54) is 25.7 Å². The van der Waals surface area contributed by atoms with Crippen LogP contribution in [-0.2, 0) is 4.79 Å². The predicted molar refractivity (Wildman–Crippen MR) is 87.9 cm³/mol. The zero-order valence-electron chi connectivity index (χ0n) is 13.8. The maximum atomic E-state index is 12.3. The summed E-state index contributed by atoms with van der Waals surface area (Å²) in [7, 11) is 1.37. The molecule has 1 aromatic carbocycles. The van der Waals surface area contributed by atoms with E-state index < -0.39 is 4.92 Å². The largest absolute Gasteiger partial charge is 0.490 e. The van der Waals surface area contributed by atoms with Gasteiger partial charge < -0.3 is 10.1 Å². The average Bonchev–Trinajstić information content (AvgIpc) is 2.51. The molecule has 1 N–H and O–H groups in total. The lowest BCUT2D eigenvalue weighted by atomic mass is 10.0. The monoisotopic (exact) mass is 321 g/mol. The molecule has 1 fully saturated rings. The minimum atomic E-state index is -0.493. The number of benzene rings is 1. The van der Waals surface area contributed by atoms with Crippen LogP contribution in [0.5, 0.6) is 5.75 Å². The van der Waals surface area contributed by atoms with Gasteiger partial charge in [0.1, 0.15) is 0 Å². The van der Waals surface area contributed by atoms with Crippen molar-refractivity contribution in [2.45, 2.75) is 39.2 Å². The molecule has 7 nitrogen and oxygen atoms in total. The van der Waals surface area contributed by atoms with Crippen LogP contribution in [0.15, 0.2) is 12.1 Å². The summed E-state index contributed by atoms with van der Waals surface area (Å²) in [5.74, 6) is 0.0278. The van der Waals surface area contributed by atoms with Crippen LogP contribution in [0.25, 0.3) is 0 Å². The molecule has 1 heterocycles. The summed E-state index contributed by atoms with van der Waals surface area (Å²) in [6.07, 6.45) is 3.43. The first-order valence-corrected chi connectivity index (χ1v) is 7.79. The first-order chi connectivity index (χ1) is 10.9. The Kier molecular flexibility index (Phi) is 5.54. The lowest BCUT2D eigenvalue weighted by molar-refractivity contribution is -0.385. The van der Waals surface area contributed by atoms with Gasteiger partial charge in [-0.05, 0) is 38.8 Å². The smallest absolute Gasteiger partial charge is 0.311 e. The number of ether oxygens (including phenoxy) is 1. The SMILES string of the molecule is COc1cc(NC(=O)CN2CCCC[C@H]2C)c(C)cc1[N+](=O)[O-]. The standard InChI is InChI=1S/C16H23N3O4/c1-11-8-14(19(21)22)15(23-3)9-13(11)17-16(20)10-18-7-5-4-6-12(18)2/h8-9,12H,4-7,10H2,1-3H3,(H,17,20)/t12-/m1/s1. The first kappa shape index (κ1) is 17.2. The Labute approximate surface area is 135 Å². The Morgan fingerprint density at radius 3 is 2.83 bits per heavy atom. The van der Waals surface area contributed by atoms with Crippen LogP contribution in [0, 0.1) is 17.0 Å². The minimum Gasteiger partial charge on any atom is -0.490 e. The molecule has 1 atom stereocenters. The Balaban J connectivity index is 2.09. The van der Waals surface area contributed by atoms with E-state index >= 15 is 0 Å². The first-order valence-electron chi connectivity index (χ1n) is 7.79. The van der Waals surface area contributed by atoms with E-state index in [0.29, 0.717) is 23.8 Å². The highest BCUT2D eigenvalue weighted by Crippen LogP contribution is 2.32. The summed E-state index contributed by atoms with van der Waals surface area (Å²) < 4.78 is 5.05. The number of likely N-dealkylation sites (tertiary alicyclic amines) is 1. The Hall–Kier alpha value is -2.15. The number of methoxy groups -OCH3 is 1. The van der Waals surface area contributed by atoms with Crippen molar-refractivity contribution < 1.29 is 14.5 Å². The van der Waals surface area contributed by atoms with Gasteiger partial charge in [-0.3, -0.25) is 19.8 Å². The zero-order valence-corrected chi connectivity index (χ0v) is 13.8. The van der Waals surface area contributed by atoms with Crippen LogP contribution < -0.4 is 10.1 Å². The van der Waals surface area contributed by atoms with Crippen LogP contribution in [0.3, 0.4) is 0 Å². The number of hydrogen-bond donors (Lipinski definition) is 1. The number of aryl methyl sites for hydroxylation is 1. The zero-order chi connectivity index (χ0) is 17.0. The second-order valence-electron chi connectivity index (χ2n) is 5.96. The maximum Gasteiger partial charge on any atom is 0.311 e. The summed E-state index contributed by atoms with van der Waals surface area (Å²) in [5, 5.41) is 13.8. The molecule has 126 valence electrons. The van der Waals surface area contributed by atoms with Gasteiger partial charge in [0, 0.05) is 23.9 Å². The number of rotatable bonds is 5. The van der Waals surface area contributed by atoms with Crippen LogP contribution >= 0.6 is 0 Å². The molecule has 7 heteroatoms. The third-order valence-electron chi connectivity index (χ3n) is 4.28. The van der Waals surface area contributed by atoms with E-state index in [4.69, 9.17) is 4.74 Å². The Morgan fingerprint density at radius 2 is 2.22 bits per heavy atom. The van der Waals surface area contributed by atoms with Gasteiger partial charge in [-0.2, -0.15) is 0 Å². The topological polar surface area (TPSA) is 84.7 Å². The van der Waals surface area contributed by atoms with E-state index in [-0.39, 0.29) is 17.3 Å². The maximum absolute atomic E-state index is 12.3. The molecular formula is C16H23N3O4. The summed E-state index contributed by atoms with van der Waals surface area (Å²) >= 11 is 0. The van der Waals surface area contributed by atoms with Gasteiger partial charge in [-0.25, -0.2) is 0 Å². The highest BCUT2D eigenvalue weighted by molar-refractivity contribution is 5.93. The second-order valence-corrected chi connectivity index (χ2v) is 5.96. The molecule has 23 heavy (non-hydrogen) atoms. The van der Waals surface area contributed by atoms with Gasteiger partial charge >= 0.3 is 5.69 Å². The highest BCUT2D eigenvalue weighted by atomic mass is 16.6. The molecule has 1 aliphatic heterocycles. The fraction of sp³-hybridized carbons (Fsp3) is 0.562. The van der Waals surface area contributed by atoms with E-state index in [2.05, 4.69) is 17.1 Å². The highest BCUT2D eigenvalue weighted by Gasteiger charge is 2.22. The van der Waals surface area contributed by atoms with Crippen molar-refractivity contribution in [1.29, 1.82) is 0 Å². The third-order valence-corrected chi connectivity index (χ3v) is 4.28. The lowest BCUT2D eigenvalue weighted by Gasteiger charge is -2.32. The number of amides is 1. The van der Waals surface area contributed by atoms with E-state index in [1.54, 1.807) is 6.92 Å². The van der Waals surface area contributed by atoms with Crippen molar-refractivity contribution in [3.63, 3.8) is 0 Å². The molecule has 0 radical (unpaired) electrons. The van der Waals surface area contributed by atoms with Gasteiger partial charge in [0.2, 0.25) is 5.91 Å². The fourth-order valence-corrected chi connectivity index (χ4v) is 2.88. The molecule has 1 aromatic rings. The van der Waals surface area contributed by atoms with Gasteiger partial charge in [0.05, 0.1) is 18.6 Å². The van der Waals surface area contributed by atoms with Gasteiger partial charge in [-0.1, -0.05) is 6.42 Å². The fourth-order valence-electron chi connectivity index (χ4n) is 2.88. The molecule has 0 spiro atoms. The Morgan fingerprint density at radius 1 is 1.48 bits per heavy atom. The normalized spacial score (nSPS) is 18.5. The van der Waals surface area contributed by atoms with Crippen LogP contribution in [0.1, 0.15) is 31.7 Å². The Bertz CT molecular complexity index is 603. The molecule has 0 bridgehead atoms. The summed E-state index contributed by atoms with van der Waals surface area (Å²) in [5.41, 5.74) is 1.08. The van der Waals surface area contributed by atoms with Crippen molar-refractivity contribution in [3.05, 3.63) is 27.8 Å². The summed E-state index contributed by atoms with van der Waals surface area (Å²) in [6.45, 7) is 5.12. The number of carbonyl (C=O) groups excluding carboxylic acids is 1. The molecule has 1 amide bonds. The molecule has 1 saturated heterocycles. The molecule has 0 saturated carbocycles. The molecule has 1 aliphatic rings. The number of hydrogen-bond acceptors (Lipinski definition) is 5. The number of piperidine rings is 1. The molecule has 0 unspecified atom stereocenters. The minimum absolute atomic E-state index is 0.104. The summed E-state index contributed by atoms with van der Waals surface area (Å²) in [4.78, 5) is 24.9. The second kappa shape index (κ2) is 7.41. The molecule has 2 rings (SSSR count). The molecular weight excluding hydrogens is 298 g/mol. The van der Waals surface area contributed by atoms with Crippen LogP contribution in [-0.4, -0.2) is 42.0 Å². The number of carbonyl (C=O) groups is 1. The van der Waals surface area contributed by atoms with Crippen molar-refractivity contribution in [3.8, 4) is 5.75 Å². The number of nitrogens with zero attached hydrogens (tertiary/aromatic N) is 2. The van der Waals surface area contributed by atoms with Crippen LogP contribution in [0.2, 0.25) is 0 Å². The van der Waals surface area contributed by atoms with Gasteiger partial charge in [0.25, 0.3) is 0 Å². The van der Waals surface area contributed by atoms with Crippen molar-refractivity contribution in [2.75, 3.05) is 25.5 Å². The quantitative estimate of drug-likeness (QED) is 0.666. The predicted octanol–water partition coefficient (Wildman–Crippen LogP) is 2.72. The van der Waals surface area contributed by atoms with Crippen molar-refractivity contribution in [2.24, 2.45) is 0 Å². The number of anilines is 1. The van der Waals surface area contributed by atoms with Gasteiger partial charge in [0.15, 0.2) is 5.75 Å². The van der Waals surface area contributed by atoms with E-state index in [1.807, 2.05) is 0 Å². The number of nitro benzene ring substituents is 1. The number of nitro groups is 1. The number of nitrogens with one attached hydrogen (secondary N) is 1. The third kappa shape index (κ3) is 4.19. The molecule has 0 aromatic heterocycles. The van der Waals surface area contributed by atoms with Gasteiger partial charge in [-0.15, -0.1) is 0 Å². The van der Waals surface area contributed by atoms with Crippen molar-refractivity contribution >= 4 is 17.3 Å².